The van der Waals surface area contributed by atoms with Crippen molar-refractivity contribution < 1.29 is 89.4 Å². The molecule has 0 saturated carbocycles. The van der Waals surface area contributed by atoms with Crippen molar-refractivity contribution in [2.24, 2.45) is 0 Å². The minimum atomic E-state index is -1.98. The van der Waals surface area contributed by atoms with Gasteiger partial charge in [0.05, 0.1) is 38.6 Å². The minimum Gasteiger partial charge on any atom is -0.394 e. The molecule has 0 aromatic heterocycles. The zero-order valence-electron chi connectivity index (χ0n) is 51.2. The minimum absolute atomic E-state index is 0.243. The van der Waals surface area contributed by atoms with E-state index in [9.17, 15) is 61.0 Å². The molecule has 0 bridgehead atoms. The number of aliphatic hydroxyl groups excluding tert-OH is 11. The van der Waals surface area contributed by atoms with Gasteiger partial charge in [-0.2, -0.15) is 0 Å². The van der Waals surface area contributed by atoms with E-state index >= 15 is 0 Å². The first-order valence-corrected chi connectivity index (χ1v) is 33.1. The highest BCUT2D eigenvalue weighted by atomic mass is 16.8. The summed E-state index contributed by atoms with van der Waals surface area (Å²) in [6, 6.07) is -0.972. The molecule has 3 rings (SSSR count). The van der Waals surface area contributed by atoms with E-state index in [1.54, 1.807) is 6.08 Å². The summed E-state index contributed by atoms with van der Waals surface area (Å²) in [5.74, 6) is -0.276. The van der Waals surface area contributed by atoms with Crippen molar-refractivity contribution in [2.75, 3.05) is 26.4 Å². The Bertz CT molecular complexity index is 1610. The van der Waals surface area contributed by atoms with Gasteiger partial charge in [0.25, 0.3) is 0 Å². The maximum Gasteiger partial charge on any atom is 0.220 e. The van der Waals surface area contributed by atoms with Crippen molar-refractivity contribution in [3.63, 3.8) is 0 Å². The lowest BCUT2D eigenvalue weighted by Gasteiger charge is -2.48. The molecule has 17 atom stereocenters. The fourth-order valence-electron chi connectivity index (χ4n) is 11.3. The summed E-state index contributed by atoms with van der Waals surface area (Å²) < 4.78 is 34.3. The van der Waals surface area contributed by atoms with Crippen molar-refractivity contribution in [1.29, 1.82) is 0 Å². The van der Waals surface area contributed by atoms with E-state index in [4.69, 9.17) is 28.4 Å². The molecular formula is C64H119NO18. The predicted octanol–water partition coefficient (Wildman–Crippen LogP) is 7.49. The van der Waals surface area contributed by atoms with Crippen LogP contribution in [0.25, 0.3) is 0 Å². The van der Waals surface area contributed by atoms with Crippen molar-refractivity contribution in [2.45, 2.75) is 349 Å². The third kappa shape index (κ3) is 30.4. The average Bonchev–Trinajstić information content (AvgIpc) is 3.43. The molecule has 3 heterocycles. The number of allylic oxidation sites excluding steroid dienone is 3. The van der Waals surface area contributed by atoms with E-state index in [2.05, 4.69) is 31.3 Å². The van der Waals surface area contributed by atoms with Gasteiger partial charge in [-0.05, 0) is 44.9 Å². The molecule has 0 aromatic carbocycles. The van der Waals surface area contributed by atoms with Gasteiger partial charge >= 0.3 is 0 Å². The Morgan fingerprint density at radius 2 is 0.759 bits per heavy atom. The Morgan fingerprint density at radius 1 is 0.422 bits per heavy atom. The molecular weight excluding hydrogens is 1070 g/mol. The van der Waals surface area contributed by atoms with Crippen LogP contribution in [0.1, 0.15) is 245 Å². The van der Waals surface area contributed by atoms with Crippen LogP contribution >= 0.6 is 0 Å². The van der Waals surface area contributed by atoms with Crippen molar-refractivity contribution in [1.82, 2.24) is 5.32 Å². The Balaban J connectivity index is 1.47. The van der Waals surface area contributed by atoms with Gasteiger partial charge in [-0.3, -0.25) is 4.79 Å². The zero-order chi connectivity index (χ0) is 60.5. The predicted molar refractivity (Wildman–Crippen MR) is 319 cm³/mol. The van der Waals surface area contributed by atoms with E-state index in [-0.39, 0.29) is 18.9 Å². The molecule has 1 amide bonds. The molecule has 19 nitrogen and oxygen atoms in total. The topological polar surface area (TPSA) is 307 Å². The number of nitrogens with one attached hydrogen (secondary N) is 1. The maximum atomic E-state index is 13.4. The molecule has 17 unspecified atom stereocenters. The van der Waals surface area contributed by atoms with Gasteiger partial charge < -0.3 is 89.9 Å². The Morgan fingerprint density at radius 3 is 1.17 bits per heavy atom. The third-order valence-electron chi connectivity index (χ3n) is 16.7. The van der Waals surface area contributed by atoms with Crippen molar-refractivity contribution in [3.05, 3.63) is 24.3 Å². The highest BCUT2D eigenvalue weighted by Crippen LogP contribution is 2.33. The van der Waals surface area contributed by atoms with Crippen LogP contribution in [0, 0.1) is 0 Å². The second-order valence-electron chi connectivity index (χ2n) is 23.9. The van der Waals surface area contributed by atoms with Gasteiger partial charge in [0.15, 0.2) is 18.9 Å². The van der Waals surface area contributed by atoms with Crippen LogP contribution in [0.5, 0.6) is 0 Å². The van der Waals surface area contributed by atoms with Gasteiger partial charge in [-0.15, -0.1) is 0 Å². The fourth-order valence-corrected chi connectivity index (χ4v) is 11.3. The number of carbonyl (C=O) groups is 1. The summed E-state index contributed by atoms with van der Waals surface area (Å²) in [4.78, 5) is 13.4. The normalized spacial score (nSPS) is 29.5. The standard InChI is InChI=1S/C64H119NO18/c1-3-5-7-9-11-13-15-17-19-21-23-25-27-29-31-33-35-37-39-41-48(69)47(65-52(70)42-40-38-36-34-32-30-28-26-24-22-20-18-16-14-12-10-8-6-4-2)46-78-62-58(76)55(73)60(50(44-67)80-62)83-64-59(77)56(74)61(51(45-68)81-64)82-63-57(75)54(72)53(71)49(43-66)79-63/h18,20,39,41,47-51,53-64,66-69,71-77H,3-17,19,21-38,40,42-46H2,1-2H3,(H,65,70)/b20-18-,41-39+. The largest absolute Gasteiger partial charge is 0.394 e. The summed E-state index contributed by atoms with van der Waals surface area (Å²) in [6.45, 7) is 1.74. The molecule has 0 aromatic rings. The summed E-state index contributed by atoms with van der Waals surface area (Å²) in [5, 5.41) is 120. The molecule has 3 aliphatic rings. The molecule has 12 N–H and O–H groups in total. The molecule has 0 spiro atoms. The summed E-state index contributed by atoms with van der Waals surface area (Å²) >= 11 is 0. The van der Waals surface area contributed by atoms with E-state index in [0.717, 1.165) is 51.4 Å². The number of ether oxygens (including phenoxy) is 6. The molecule has 488 valence electrons. The monoisotopic (exact) mass is 1190 g/mol. The number of aliphatic hydroxyl groups is 11. The Kier molecular flexibility index (Phi) is 43.0. The molecule has 19 heteroatoms. The highest BCUT2D eigenvalue weighted by Gasteiger charge is 2.53. The van der Waals surface area contributed by atoms with Gasteiger partial charge in [0, 0.05) is 6.42 Å². The number of unbranched alkanes of at least 4 members (excludes halogenated alkanes) is 32. The fraction of sp³-hybridized carbons (Fsp3) is 0.922. The van der Waals surface area contributed by atoms with Crippen molar-refractivity contribution >= 4 is 5.91 Å². The second kappa shape index (κ2) is 47.3. The van der Waals surface area contributed by atoms with Crippen LogP contribution in [0.3, 0.4) is 0 Å². The first-order valence-electron chi connectivity index (χ1n) is 33.1. The van der Waals surface area contributed by atoms with E-state index in [1.165, 1.54) is 167 Å². The summed E-state index contributed by atoms with van der Waals surface area (Å²) in [5.41, 5.74) is 0. The number of amides is 1. The van der Waals surface area contributed by atoms with E-state index < -0.39 is 124 Å². The van der Waals surface area contributed by atoms with E-state index in [1.807, 2.05) is 6.08 Å². The zero-order valence-corrected chi connectivity index (χ0v) is 51.2. The molecule has 83 heavy (non-hydrogen) atoms. The van der Waals surface area contributed by atoms with Crippen LogP contribution in [0.2, 0.25) is 0 Å². The number of hydrogen-bond acceptors (Lipinski definition) is 18. The lowest BCUT2D eigenvalue weighted by atomic mass is 9.96. The first kappa shape index (κ1) is 75.5. The maximum absolute atomic E-state index is 13.4. The quantitative estimate of drug-likeness (QED) is 0.0207. The average molecular weight is 1190 g/mol. The molecule has 3 fully saturated rings. The van der Waals surface area contributed by atoms with Crippen LogP contribution in [0.15, 0.2) is 24.3 Å². The third-order valence-corrected chi connectivity index (χ3v) is 16.7. The number of carbonyl (C=O) groups excluding carboxylic acids is 1. The van der Waals surface area contributed by atoms with Gasteiger partial charge in [-0.25, -0.2) is 0 Å². The van der Waals surface area contributed by atoms with E-state index in [0.29, 0.717) is 6.42 Å². The number of rotatable bonds is 50. The lowest BCUT2D eigenvalue weighted by molar-refractivity contribution is -0.379. The molecule has 0 aliphatic carbocycles. The molecule has 3 aliphatic heterocycles. The first-order chi connectivity index (χ1) is 40.3. The van der Waals surface area contributed by atoms with Crippen molar-refractivity contribution in [3.8, 4) is 0 Å². The Labute approximate surface area is 498 Å². The van der Waals surface area contributed by atoms with Gasteiger partial charge in [0.1, 0.15) is 73.2 Å². The van der Waals surface area contributed by atoms with Gasteiger partial charge in [-0.1, -0.05) is 218 Å². The van der Waals surface area contributed by atoms with Crippen LogP contribution in [-0.2, 0) is 33.2 Å². The molecule has 3 saturated heterocycles. The Hall–Kier alpha value is -1.73. The smallest absolute Gasteiger partial charge is 0.220 e. The summed E-state index contributed by atoms with van der Waals surface area (Å²) in [7, 11) is 0. The van der Waals surface area contributed by atoms with Gasteiger partial charge in [0.2, 0.25) is 5.91 Å². The summed E-state index contributed by atoms with van der Waals surface area (Å²) in [6.07, 6.45) is 24.3. The van der Waals surface area contributed by atoms with Crippen LogP contribution < -0.4 is 5.32 Å². The van der Waals surface area contributed by atoms with Crippen LogP contribution in [-0.4, -0.2) is 193 Å². The highest BCUT2D eigenvalue weighted by molar-refractivity contribution is 5.76. The number of hydrogen-bond donors (Lipinski definition) is 12. The lowest BCUT2D eigenvalue weighted by Crippen LogP contribution is -2.66. The van der Waals surface area contributed by atoms with Crippen LogP contribution in [0.4, 0.5) is 0 Å². The second-order valence-corrected chi connectivity index (χ2v) is 23.9. The molecule has 0 radical (unpaired) electrons. The SMILES string of the molecule is CCCCCCCC/C=C\CCCCCCCCCCCC(=O)NC(COC1OC(CO)C(OC2OC(CO)C(OC3OC(CO)C(O)C(O)C3O)C(O)C2O)C(O)C1O)C(O)/C=C/CCCCCCCCCCCCCCCCCCC.